The summed E-state index contributed by atoms with van der Waals surface area (Å²) in [5.41, 5.74) is 2.65. The molecule has 0 aliphatic carbocycles. The van der Waals surface area contributed by atoms with Crippen LogP contribution in [0.3, 0.4) is 0 Å². The van der Waals surface area contributed by atoms with Gasteiger partial charge in [0, 0.05) is 30.6 Å². The van der Waals surface area contributed by atoms with Gasteiger partial charge in [0.25, 0.3) is 0 Å². The fourth-order valence-corrected chi connectivity index (χ4v) is 5.44. The van der Waals surface area contributed by atoms with E-state index in [2.05, 4.69) is 31.2 Å². The molecule has 4 aromatic rings. The Morgan fingerprint density at radius 2 is 1.41 bits per heavy atom. The Bertz CT molecular complexity index is 1780. The van der Waals surface area contributed by atoms with E-state index in [1.807, 2.05) is 50.2 Å². The van der Waals surface area contributed by atoms with Gasteiger partial charge in [0.05, 0.1) is 6.04 Å². The van der Waals surface area contributed by atoms with Gasteiger partial charge in [0.15, 0.2) is 5.01 Å². The number of amides is 4. The number of nitrogens with one attached hydrogen (secondary N) is 4. The number of alkyl carbamates (subject to hydrolysis) is 1. The van der Waals surface area contributed by atoms with Gasteiger partial charge in [-0.1, -0.05) is 86.6 Å². The molecule has 2 atom stereocenters. The van der Waals surface area contributed by atoms with Crippen molar-refractivity contribution in [3.05, 3.63) is 118 Å². The first kappa shape index (κ1) is 37.9. The lowest BCUT2D eigenvalue weighted by Crippen LogP contribution is -2.52. The van der Waals surface area contributed by atoms with Crippen LogP contribution in [0.1, 0.15) is 53.7 Å². The summed E-state index contributed by atoms with van der Waals surface area (Å²) >= 11 is 1.16. The van der Waals surface area contributed by atoms with Gasteiger partial charge in [-0.15, -0.1) is 16.3 Å². The molecule has 3 aromatic carbocycles. The Kier molecular flexibility index (Phi) is 14.4. The number of benzene rings is 3. The molecule has 14 heteroatoms. The van der Waals surface area contributed by atoms with E-state index in [0.717, 1.165) is 22.5 Å². The monoisotopic (exact) mass is 712 g/mol. The average Bonchev–Trinajstić information content (AvgIpc) is 3.66. The molecule has 0 fully saturated rings. The maximum absolute atomic E-state index is 13.4. The number of thiazole rings is 1. The normalized spacial score (nSPS) is 12.3. The lowest BCUT2D eigenvalue weighted by molar-refractivity contribution is -0.128. The third kappa shape index (κ3) is 13.2. The third-order valence-electron chi connectivity index (χ3n) is 7.18. The molecular weight excluding hydrogens is 673 g/mol. The van der Waals surface area contributed by atoms with E-state index in [4.69, 9.17) is 9.47 Å². The van der Waals surface area contributed by atoms with Crippen molar-refractivity contribution in [1.82, 2.24) is 20.9 Å². The summed E-state index contributed by atoms with van der Waals surface area (Å²) in [5, 5.41) is 12.8. The minimum atomic E-state index is -0.969. The molecule has 0 radical (unpaired) electrons. The summed E-state index contributed by atoms with van der Waals surface area (Å²) < 4.78 is 10.6. The number of guanidine groups is 1. The second kappa shape index (κ2) is 19.3. The molecule has 4 N–H and O–H groups in total. The number of carbonyl (C=O) groups excluding carboxylic acids is 5. The Hall–Kier alpha value is -5.89. The minimum absolute atomic E-state index is 0.00640. The third-order valence-corrected chi connectivity index (χ3v) is 7.96. The van der Waals surface area contributed by atoms with E-state index in [1.54, 1.807) is 53.9 Å². The van der Waals surface area contributed by atoms with Crippen LogP contribution in [0, 0.1) is 5.92 Å². The fraction of sp³-hybridized carbons (Fsp3) is 0.270. The summed E-state index contributed by atoms with van der Waals surface area (Å²) in [6, 6.07) is 23.1. The van der Waals surface area contributed by atoms with Gasteiger partial charge in [-0.2, -0.15) is 0 Å². The van der Waals surface area contributed by atoms with Crippen molar-refractivity contribution in [2.45, 2.75) is 58.9 Å². The second-order valence-corrected chi connectivity index (χ2v) is 12.8. The number of hydrogen-bond acceptors (Lipinski definition) is 9. The molecule has 0 bridgehead atoms. The van der Waals surface area contributed by atoms with Crippen LogP contribution < -0.4 is 21.3 Å². The molecule has 266 valence electrons. The number of aliphatic imine (C=N–C) groups is 1. The van der Waals surface area contributed by atoms with E-state index >= 15 is 0 Å². The predicted octanol–water partition coefficient (Wildman–Crippen LogP) is 5.64. The highest BCUT2D eigenvalue weighted by Gasteiger charge is 2.29. The summed E-state index contributed by atoms with van der Waals surface area (Å²) in [4.78, 5) is 71.9. The largest absolute Gasteiger partial charge is 0.444 e. The summed E-state index contributed by atoms with van der Waals surface area (Å²) in [7, 11) is 0. The molecule has 4 rings (SSSR count). The van der Waals surface area contributed by atoms with Crippen LogP contribution in [0.4, 0.5) is 15.3 Å². The van der Waals surface area contributed by atoms with Crippen molar-refractivity contribution >= 4 is 52.8 Å². The highest BCUT2D eigenvalue weighted by atomic mass is 32.1. The molecule has 0 aliphatic rings. The van der Waals surface area contributed by atoms with Gasteiger partial charge in [0.1, 0.15) is 19.3 Å². The molecule has 0 saturated heterocycles. The number of hydrogen-bond donors (Lipinski definition) is 4. The first-order valence-electron chi connectivity index (χ1n) is 16.2. The Morgan fingerprint density at radius 3 is 1.98 bits per heavy atom. The molecule has 1 aromatic heterocycles. The zero-order chi connectivity index (χ0) is 36.6. The summed E-state index contributed by atoms with van der Waals surface area (Å²) in [6.45, 7) is 5.17. The number of nitrogens with zero attached hydrogens (tertiary/aromatic N) is 2. The van der Waals surface area contributed by atoms with Gasteiger partial charge in [-0.05, 0) is 41.2 Å². The van der Waals surface area contributed by atoms with Gasteiger partial charge in [-0.25, -0.2) is 14.6 Å². The average molecular weight is 713 g/mol. The highest BCUT2D eigenvalue weighted by molar-refractivity contribution is 7.11. The predicted molar refractivity (Wildman–Crippen MR) is 193 cm³/mol. The first-order valence-corrected chi connectivity index (χ1v) is 17.1. The summed E-state index contributed by atoms with van der Waals surface area (Å²) in [5.74, 6) is -1.32. The molecule has 0 aliphatic heterocycles. The van der Waals surface area contributed by atoms with Crippen molar-refractivity contribution in [3.63, 3.8) is 0 Å². The van der Waals surface area contributed by atoms with Gasteiger partial charge in [-0.3, -0.25) is 19.7 Å². The molecule has 0 spiro atoms. The van der Waals surface area contributed by atoms with Gasteiger partial charge in [0.2, 0.25) is 23.6 Å². The molecular formula is C37H40N6O7S. The molecule has 0 saturated carbocycles. The number of aromatic nitrogens is 1. The minimum Gasteiger partial charge on any atom is -0.444 e. The van der Waals surface area contributed by atoms with Crippen LogP contribution in [-0.4, -0.2) is 52.8 Å². The quantitative estimate of drug-likeness (QED) is 0.0733. The van der Waals surface area contributed by atoms with Crippen LogP contribution >= 0.6 is 11.3 Å². The fourth-order valence-electron chi connectivity index (χ4n) is 4.81. The smallest absolute Gasteiger partial charge is 0.437 e. The van der Waals surface area contributed by atoms with Gasteiger partial charge >= 0.3 is 12.2 Å². The molecule has 4 amide bonds. The first-order chi connectivity index (χ1) is 24.5. The standard InChI is InChI=1S/C37H40N6O7S/c1-24(2)20-31(39-25(3)44)33(46)41-30(32(45)34-38-18-19-51-34)21-26-14-16-29(17-15-26)40-35(42-36(47)49-22-27-10-6-4-7-11-27)43-37(48)50-23-28-12-8-5-9-13-28/h4-19,24,30-31H,20-23H2,1-3H3,(H,39,44)(H,41,46)(H2,40,42,43,47,48)/t30?,31-/m0/s1. The highest BCUT2D eigenvalue weighted by Crippen LogP contribution is 2.16. The van der Waals surface area contributed by atoms with E-state index in [-0.39, 0.29) is 48.2 Å². The van der Waals surface area contributed by atoms with Crippen LogP contribution in [0.5, 0.6) is 0 Å². The Balaban J connectivity index is 1.48. The number of Topliss-reactive ketones (excluding diaryl/α,β-unsaturated/α-hetero) is 1. The molecule has 1 unspecified atom stereocenters. The van der Waals surface area contributed by atoms with Crippen molar-refractivity contribution in [1.29, 1.82) is 0 Å². The number of rotatable bonds is 14. The number of carbonyl (C=O) groups is 5. The lowest BCUT2D eigenvalue weighted by atomic mass is 9.99. The van der Waals surface area contributed by atoms with Crippen LogP contribution in [0.25, 0.3) is 0 Å². The zero-order valence-corrected chi connectivity index (χ0v) is 29.3. The Labute approximate surface area is 299 Å². The van der Waals surface area contributed by atoms with Gasteiger partial charge < -0.3 is 25.4 Å². The maximum Gasteiger partial charge on any atom is 0.437 e. The van der Waals surface area contributed by atoms with Crippen molar-refractivity contribution < 1.29 is 33.4 Å². The van der Waals surface area contributed by atoms with Crippen LogP contribution in [0.2, 0.25) is 0 Å². The van der Waals surface area contributed by atoms with E-state index < -0.39 is 30.2 Å². The van der Waals surface area contributed by atoms with E-state index in [9.17, 15) is 24.0 Å². The molecule has 1 heterocycles. The van der Waals surface area contributed by atoms with Crippen LogP contribution in [-0.2, 0) is 38.7 Å². The van der Waals surface area contributed by atoms with E-state index in [1.165, 1.54) is 13.1 Å². The van der Waals surface area contributed by atoms with Crippen LogP contribution in [0.15, 0.2) is 101 Å². The summed E-state index contributed by atoms with van der Waals surface area (Å²) in [6.07, 6.45) is 0.220. The molecule has 51 heavy (non-hydrogen) atoms. The second-order valence-electron chi connectivity index (χ2n) is 11.9. The number of ketones is 1. The van der Waals surface area contributed by atoms with Crippen molar-refractivity contribution in [3.8, 4) is 0 Å². The SMILES string of the molecule is CC(=O)N[C@@H](CC(C)C)C(=O)NC(Cc1ccc(NC(=NC(=O)OCc2ccccc2)NC(=O)OCc2ccccc2)cc1)C(=O)c1nccs1. The zero-order valence-electron chi connectivity index (χ0n) is 28.5. The Morgan fingerprint density at radius 1 is 0.784 bits per heavy atom. The van der Waals surface area contributed by atoms with Crippen molar-refractivity contribution in [2.75, 3.05) is 5.32 Å². The number of anilines is 1. The maximum atomic E-state index is 13.4. The van der Waals surface area contributed by atoms with Crippen molar-refractivity contribution in [2.24, 2.45) is 10.9 Å². The van der Waals surface area contributed by atoms with E-state index in [0.29, 0.717) is 17.7 Å². The lowest BCUT2D eigenvalue weighted by Gasteiger charge is -2.23. The number of ether oxygens (including phenoxy) is 2. The molecule has 13 nitrogen and oxygen atoms in total. The topological polar surface area (TPSA) is 177 Å².